The van der Waals surface area contributed by atoms with E-state index in [1.165, 1.54) is 11.6 Å². The molecule has 3 heteroatoms. The van der Waals surface area contributed by atoms with Crippen molar-refractivity contribution in [1.82, 2.24) is 5.32 Å². The topological polar surface area (TPSA) is 12.0 Å². The molecule has 0 unspecified atom stereocenters. The lowest BCUT2D eigenvalue weighted by atomic mass is 10.1. The molecule has 0 radical (unpaired) electrons. The quantitative estimate of drug-likeness (QED) is 0.624. The van der Waals surface area contributed by atoms with E-state index in [9.17, 15) is 4.39 Å². The zero-order valence-electron chi connectivity index (χ0n) is 6.02. The van der Waals surface area contributed by atoms with Crippen LogP contribution < -0.4 is 5.32 Å². The first-order valence-electron chi connectivity index (χ1n) is 3.34. The molecular formula is C8H10FNS. The van der Waals surface area contributed by atoms with Crippen molar-refractivity contribution in [3.05, 3.63) is 35.1 Å². The summed E-state index contributed by atoms with van der Waals surface area (Å²) in [6.07, 6.45) is 0. The van der Waals surface area contributed by atoms with Gasteiger partial charge in [0.1, 0.15) is 5.82 Å². The lowest BCUT2D eigenvalue weighted by Crippen LogP contribution is -1.99. The maximum Gasteiger partial charge on any atom is 0.123 e. The number of nitrogens with one attached hydrogen (secondary N) is 1. The Kier molecular flexibility index (Phi) is 2.52. The van der Waals surface area contributed by atoms with E-state index >= 15 is 0 Å². The van der Waals surface area contributed by atoms with E-state index in [2.05, 4.69) is 5.32 Å². The predicted octanol–water partition coefficient (Wildman–Crippen LogP) is 1.54. The smallest absolute Gasteiger partial charge is 0.123 e. The molecule has 1 heterocycles. The second-order valence-electron chi connectivity index (χ2n) is 2.52. The third-order valence-corrected chi connectivity index (χ3v) is 1.80. The maximum atomic E-state index is 12.5. The zero-order valence-corrected chi connectivity index (χ0v) is 7.02. The Labute approximate surface area is 72.1 Å². The lowest BCUT2D eigenvalue weighted by Gasteiger charge is -1.94. The van der Waals surface area contributed by atoms with Crippen LogP contribution in [0.4, 0.5) is 4.39 Å². The number of hydrogen-bond donors (Lipinski definition) is 1. The van der Waals surface area contributed by atoms with Crippen LogP contribution in [-0.2, 0) is 13.1 Å². The summed E-state index contributed by atoms with van der Waals surface area (Å²) in [6, 6.07) is 4.94. The fraction of sp³-hybridized carbons (Fsp3) is 0.250. The molecule has 0 bridgehead atoms. The Bertz CT molecular complexity index is 262. The number of hydrogen-bond acceptors (Lipinski definition) is 1. The van der Waals surface area contributed by atoms with Gasteiger partial charge in [-0.1, -0.05) is 6.07 Å². The van der Waals surface area contributed by atoms with Crippen molar-refractivity contribution in [2.75, 3.05) is 0 Å². The summed E-state index contributed by atoms with van der Waals surface area (Å²) in [5, 5.41) is 3.15. The van der Waals surface area contributed by atoms with Crippen LogP contribution in [0.15, 0.2) is 18.2 Å². The van der Waals surface area contributed by atoms with Crippen molar-refractivity contribution >= 4 is 13.5 Å². The second kappa shape index (κ2) is 3.24. The first-order valence-corrected chi connectivity index (χ1v) is 3.34. The molecule has 0 saturated heterocycles. The summed E-state index contributed by atoms with van der Waals surface area (Å²) in [6.45, 7) is 1.70. The third-order valence-electron chi connectivity index (χ3n) is 1.80. The first kappa shape index (κ1) is 8.56. The van der Waals surface area contributed by atoms with Crippen LogP contribution in [0.5, 0.6) is 0 Å². The minimum Gasteiger partial charge on any atom is -0.309 e. The molecule has 1 aliphatic heterocycles. The number of benzene rings is 1. The van der Waals surface area contributed by atoms with E-state index in [1.807, 2.05) is 6.07 Å². The van der Waals surface area contributed by atoms with Gasteiger partial charge in [-0.05, 0) is 23.3 Å². The second-order valence-corrected chi connectivity index (χ2v) is 2.52. The Morgan fingerprint density at radius 1 is 1.18 bits per heavy atom. The van der Waals surface area contributed by atoms with Crippen LogP contribution in [0, 0.1) is 5.82 Å². The molecule has 0 atom stereocenters. The molecule has 2 rings (SSSR count). The summed E-state index contributed by atoms with van der Waals surface area (Å²) >= 11 is 0. The number of fused-ring (bicyclic) bond motifs is 1. The summed E-state index contributed by atoms with van der Waals surface area (Å²) in [4.78, 5) is 0. The highest BCUT2D eigenvalue weighted by molar-refractivity contribution is 7.59. The summed E-state index contributed by atoms with van der Waals surface area (Å²) < 4.78 is 12.5. The standard InChI is InChI=1S/C8H8FN.H2S/c9-8-2-1-6-4-10-5-7(6)3-8;/h1-3,10H,4-5H2;1H2. The molecule has 1 nitrogen and oxygen atoms in total. The highest BCUT2D eigenvalue weighted by Crippen LogP contribution is 2.15. The fourth-order valence-corrected chi connectivity index (χ4v) is 1.26. The number of halogens is 1. The van der Waals surface area contributed by atoms with Gasteiger partial charge in [0.25, 0.3) is 0 Å². The Morgan fingerprint density at radius 2 is 1.91 bits per heavy atom. The van der Waals surface area contributed by atoms with Gasteiger partial charge in [-0.25, -0.2) is 4.39 Å². The van der Waals surface area contributed by atoms with Crippen LogP contribution in [-0.4, -0.2) is 0 Å². The van der Waals surface area contributed by atoms with E-state index in [0.717, 1.165) is 18.7 Å². The van der Waals surface area contributed by atoms with Crippen molar-refractivity contribution in [3.63, 3.8) is 0 Å². The Balaban J connectivity index is 0.000000605. The highest BCUT2D eigenvalue weighted by Gasteiger charge is 2.08. The zero-order chi connectivity index (χ0) is 6.97. The molecule has 0 fully saturated rings. The van der Waals surface area contributed by atoms with Crippen molar-refractivity contribution in [3.8, 4) is 0 Å². The molecule has 0 spiro atoms. The molecule has 0 aliphatic carbocycles. The monoisotopic (exact) mass is 171 g/mol. The van der Waals surface area contributed by atoms with Crippen molar-refractivity contribution < 1.29 is 4.39 Å². The molecule has 0 saturated carbocycles. The largest absolute Gasteiger partial charge is 0.309 e. The number of rotatable bonds is 0. The molecule has 60 valence electrons. The van der Waals surface area contributed by atoms with E-state index in [-0.39, 0.29) is 19.3 Å². The van der Waals surface area contributed by atoms with Crippen LogP contribution >= 0.6 is 13.5 Å². The minimum atomic E-state index is -0.137. The minimum absolute atomic E-state index is 0. The van der Waals surface area contributed by atoms with Crippen molar-refractivity contribution in [2.45, 2.75) is 13.1 Å². The SMILES string of the molecule is Fc1ccc2c(c1)CNC2.S. The maximum absolute atomic E-state index is 12.5. The predicted molar refractivity (Wildman–Crippen MR) is 47.3 cm³/mol. The first-order chi connectivity index (χ1) is 4.86. The van der Waals surface area contributed by atoms with Gasteiger partial charge >= 0.3 is 0 Å². The van der Waals surface area contributed by atoms with Crippen molar-refractivity contribution in [1.29, 1.82) is 0 Å². The molecule has 0 amide bonds. The summed E-state index contributed by atoms with van der Waals surface area (Å²) in [5.41, 5.74) is 2.32. The van der Waals surface area contributed by atoms with E-state index in [4.69, 9.17) is 0 Å². The van der Waals surface area contributed by atoms with Gasteiger partial charge in [0.05, 0.1) is 0 Å². The van der Waals surface area contributed by atoms with Gasteiger partial charge in [0.2, 0.25) is 0 Å². The van der Waals surface area contributed by atoms with Crippen LogP contribution in [0.2, 0.25) is 0 Å². The van der Waals surface area contributed by atoms with Gasteiger partial charge < -0.3 is 5.32 Å². The molecule has 11 heavy (non-hydrogen) atoms. The Hall–Kier alpha value is -0.540. The van der Waals surface area contributed by atoms with Crippen LogP contribution in [0.1, 0.15) is 11.1 Å². The molecule has 0 aromatic heterocycles. The van der Waals surface area contributed by atoms with Crippen LogP contribution in [0.25, 0.3) is 0 Å². The average molecular weight is 171 g/mol. The summed E-state index contributed by atoms with van der Waals surface area (Å²) in [7, 11) is 0. The molecule has 1 aliphatic rings. The summed E-state index contributed by atoms with van der Waals surface area (Å²) in [5.74, 6) is -0.137. The van der Waals surface area contributed by atoms with Crippen LogP contribution in [0.3, 0.4) is 0 Å². The molecular weight excluding hydrogens is 161 g/mol. The van der Waals surface area contributed by atoms with Gasteiger partial charge in [-0.3, -0.25) is 0 Å². The van der Waals surface area contributed by atoms with Gasteiger partial charge in [0, 0.05) is 13.1 Å². The lowest BCUT2D eigenvalue weighted by molar-refractivity contribution is 0.625. The van der Waals surface area contributed by atoms with Gasteiger partial charge in [0.15, 0.2) is 0 Å². The average Bonchev–Trinajstić information content (AvgIpc) is 2.33. The van der Waals surface area contributed by atoms with Gasteiger partial charge in [-0.15, -0.1) is 0 Å². The molecule has 1 aromatic carbocycles. The third kappa shape index (κ3) is 1.54. The van der Waals surface area contributed by atoms with E-state index in [1.54, 1.807) is 6.07 Å². The Morgan fingerprint density at radius 3 is 2.73 bits per heavy atom. The van der Waals surface area contributed by atoms with E-state index < -0.39 is 0 Å². The molecule has 1 aromatic rings. The van der Waals surface area contributed by atoms with E-state index in [0.29, 0.717) is 0 Å². The normalized spacial score (nSPS) is 13.9. The van der Waals surface area contributed by atoms with Crippen molar-refractivity contribution in [2.24, 2.45) is 0 Å². The highest BCUT2D eigenvalue weighted by atomic mass is 32.1. The van der Waals surface area contributed by atoms with Gasteiger partial charge in [-0.2, -0.15) is 13.5 Å². The fourth-order valence-electron chi connectivity index (χ4n) is 1.26. The molecule has 1 N–H and O–H groups in total.